The number of benzene rings is 2. The number of carboxylic acids is 1. The normalized spacial score (nSPS) is 10.1. The molecule has 11 heteroatoms. The zero-order valence-electron chi connectivity index (χ0n) is 18.4. The van der Waals surface area contributed by atoms with Gasteiger partial charge in [0, 0.05) is 34.0 Å². The summed E-state index contributed by atoms with van der Waals surface area (Å²) >= 11 is 7.78. The summed E-state index contributed by atoms with van der Waals surface area (Å²) in [6.07, 6.45) is 1.22. The van der Waals surface area contributed by atoms with Crippen LogP contribution in [-0.2, 0) is 14.3 Å². The van der Waals surface area contributed by atoms with Gasteiger partial charge in [-0.25, -0.2) is 0 Å². The van der Waals surface area contributed by atoms with Crippen molar-refractivity contribution in [1.82, 2.24) is 5.32 Å². The van der Waals surface area contributed by atoms with Crippen LogP contribution in [-0.4, -0.2) is 59.5 Å². The van der Waals surface area contributed by atoms with Gasteiger partial charge in [0.15, 0.2) is 0 Å². The van der Waals surface area contributed by atoms with Crippen LogP contribution in [0.1, 0.15) is 36.0 Å². The number of carboxylic acid groups (broad SMARTS) is 1. The second kappa shape index (κ2) is 17.1. The highest BCUT2D eigenvalue weighted by molar-refractivity contribution is 14.1. The van der Waals surface area contributed by atoms with E-state index >= 15 is 0 Å². The third-order valence-electron chi connectivity index (χ3n) is 4.16. The maximum atomic E-state index is 11.7. The highest BCUT2D eigenvalue weighted by Gasteiger charge is 2.08. The van der Waals surface area contributed by atoms with E-state index in [1.807, 2.05) is 18.2 Å². The Labute approximate surface area is 216 Å². The first-order valence-corrected chi connectivity index (χ1v) is 11.9. The molecule has 0 atom stereocenters. The standard InChI is InChI=1S/C12H14ClNO4.C11H14INO3/c13-8-5-6-9(10(15)7-8)14-11(16)3-1-2-4-12(17)18;12-10-4-2-1-3-9(10)11(15)13-5-7-16-8-6-14/h5-7,15H,1-4H2,(H,14,16)(H,17,18);1-4,14H,5-8H2,(H,13,15). The Balaban J connectivity index is 0.000000342. The minimum atomic E-state index is -0.870. The summed E-state index contributed by atoms with van der Waals surface area (Å²) in [4.78, 5) is 33.4. The summed E-state index contributed by atoms with van der Waals surface area (Å²) < 4.78 is 5.96. The topological polar surface area (TPSA) is 145 Å². The van der Waals surface area contributed by atoms with Crippen molar-refractivity contribution in [2.24, 2.45) is 0 Å². The van der Waals surface area contributed by atoms with Crippen molar-refractivity contribution in [1.29, 1.82) is 0 Å². The summed E-state index contributed by atoms with van der Waals surface area (Å²) in [7, 11) is 0. The minimum absolute atomic E-state index is 0.00449. The molecule has 2 amide bonds. The van der Waals surface area contributed by atoms with Gasteiger partial charge < -0.3 is 30.7 Å². The summed E-state index contributed by atoms with van der Waals surface area (Å²) in [6.45, 7) is 1.17. The number of carbonyl (C=O) groups is 3. The maximum absolute atomic E-state index is 11.7. The van der Waals surface area contributed by atoms with Crippen molar-refractivity contribution < 1.29 is 34.4 Å². The van der Waals surface area contributed by atoms with Crippen LogP contribution < -0.4 is 10.6 Å². The molecule has 9 nitrogen and oxygen atoms in total. The highest BCUT2D eigenvalue weighted by Crippen LogP contribution is 2.26. The number of carbonyl (C=O) groups excluding carboxylic acids is 2. The molecular weight excluding hydrogens is 579 g/mol. The Hall–Kier alpha value is -2.41. The van der Waals surface area contributed by atoms with E-state index in [1.54, 1.807) is 12.1 Å². The predicted molar refractivity (Wildman–Crippen MR) is 137 cm³/mol. The van der Waals surface area contributed by atoms with E-state index < -0.39 is 5.97 Å². The van der Waals surface area contributed by atoms with Crippen LogP contribution >= 0.6 is 34.2 Å². The lowest BCUT2D eigenvalue weighted by Gasteiger charge is -2.07. The van der Waals surface area contributed by atoms with E-state index in [1.165, 1.54) is 12.1 Å². The third kappa shape index (κ3) is 12.7. The number of rotatable bonds is 12. The van der Waals surface area contributed by atoms with Crippen molar-refractivity contribution in [3.05, 3.63) is 56.6 Å². The van der Waals surface area contributed by atoms with E-state index in [4.69, 9.17) is 26.6 Å². The molecule has 2 aromatic rings. The van der Waals surface area contributed by atoms with Gasteiger partial charge in [0.05, 0.1) is 31.1 Å². The van der Waals surface area contributed by atoms with Crippen molar-refractivity contribution in [3.8, 4) is 5.75 Å². The van der Waals surface area contributed by atoms with Gasteiger partial charge in [0.2, 0.25) is 5.91 Å². The molecule has 0 aromatic heterocycles. The van der Waals surface area contributed by atoms with Crippen molar-refractivity contribution in [2.45, 2.75) is 25.7 Å². The summed E-state index contributed by atoms with van der Waals surface area (Å²) in [5, 5.41) is 32.1. The number of unbranched alkanes of at least 4 members (excludes halogenated alkanes) is 1. The molecule has 0 heterocycles. The molecule has 0 unspecified atom stereocenters. The first-order valence-electron chi connectivity index (χ1n) is 10.5. The molecule has 34 heavy (non-hydrogen) atoms. The number of ether oxygens (including phenoxy) is 1. The second-order valence-corrected chi connectivity index (χ2v) is 8.48. The fourth-order valence-electron chi connectivity index (χ4n) is 2.53. The molecule has 0 spiro atoms. The van der Waals surface area contributed by atoms with Crippen LogP contribution in [0.15, 0.2) is 42.5 Å². The summed E-state index contributed by atoms with van der Waals surface area (Å²) in [5.41, 5.74) is 0.966. The average Bonchev–Trinajstić information content (AvgIpc) is 2.79. The smallest absolute Gasteiger partial charge is 0.303 e. The van der Waals surface area contributed by atoms with Gasteiger partial charge in [0.25, 0.3) is 5.91 Å². The van der Waals surface area contributed by atoms with Crippen LogP contribution in [0, 0.1) is 3.57 Å². The molecule has 2 rings (SSSR count). The molecule has 186 valence electrons. The number of aliphatic hydroxyl groups excluding tert-OH is 1. The summed E-state index contributed by atoms with van der Waals surface area (Å²) in [6, 6.07) is 11.8. The fraction of sp³-hybridized carbons (Fsp3) is 0.348. The highest BCUT2D eigenvalue weighted by atomic mass is 127. The largest absolute Gasteiger partial charge is 0.506 e. The van der Waals surface area contributed by atoms with Gasteiger partial charge in [-0.05, 0) is 59.7 Å². The van der Waals surface area contributed by atoms with E-state index in [9.17, 15) is 19.5 Å². The number of anilines is 1. The van der Waals surface area contributed by atoms with Crippen molar-refractivity contribution in [3.63, 3.8) is 0 Å². The van der Waals surface area contributed by atoms with Gasteiger partial charge in [-0.15, -0.1) is 0 Å². The number of phenolic OH excluding ortho intramolecular Hbond substituents is 1. The fourth-order valence-corrected chi connectivity index (χ4v) is 3.33. The Bertz CT molecular complexity index is 943. The van der Waals surface area contributed by atoms with E-state index in [0.717, 1.165) is 3.57 Å². The number of hydrogen-bond donors (Lipinski definition) is 5. The monoisotopic (exact) mass is 606 g/mol. The SMILES string of the molecule is O=C(NCCOCCO)c1ccccc1I.O=C(O)CCCCC(=O)Nc1ccc(Cl)cc1O. The lowest BCUT2D eigenvalue weighted by molar-refractivity contribution is -0.137. The molecule has 5 N–H and O–H groups in total. The number of halogens is 2. The molecule has 0 aliphatic rings. The number of nitrogens with one attached hydrogen (secondary N) is 2. The Morgan fingerprint density at radius 1 is 1.03 bits per heavy atom. The molecule has 0 saturated heterocycles. The first-order chi connectivity index (χ1) is 16.2. The predicted octanol–water partition coefficient (Wildman–Crippen LogP) is 3.66. The number of phenols is 1. The van der Waals surface area contributed by atoms with Gasteiger partial charge >= 0.3 is 5.97 Å². The number of aliphatic carboxylic acids is 1. The molecule has 0 aliphatic carbocycles. The Morgan fingerprint density at radius 2 is 1.74 bits per heavy atom. The van der Waals surface area contributed by atoms with Crippen LogP contribution in [0.5, 0.6) is 5.75 Å². The van der Waals surface area contributed by atoms with Crippen LogP contribution in [0.25, 0.3) is 0 Å². The van der Waals surface area contributed by atoms with Gasteiger partial charge in [-0.1, -0.05) is 23.7 Å². The van der Waals surface area contributed by atoms with E-state index in [2.05, 4.69) is 33.2 Å². The lowest BCUT2D eigenvalue weighted by atomic mass is 10.2. The van der Waals surface area contributed by atoms with Crippen LogP contribution in [0.3, 0.4) is 0 Å². The molecule has 2 aromatic carbocycles. The van der Waals surface area contributed by atoms with E-state index in [0.29, 0.717) is 48.9 Å². The lowest BCUT2D eigenvalue weighted by Crippen LogP contribution is -2.28. The first kappa shape index (κ1) is 29.6. The van der Waals surface area contributed by atoms with Crippen molar-refractivity contribution >= 4 is 57.7 Å². The third-order valence-corrected chi connectivity index (χ3v) is 5.34. The number of aliphatic hydroxyl groups is 1. The molecule has 0 saturated carbocycles. The van der Waals surface area contributed by atoms with Crippen LogP contribution in [0.2, 0.25) is 5.02 Å². The number of aromatic hydroxyl groups is 1. The van der Waals surface area contributed by atoms with Crippen molar-refractivity contribution in [2.75, 3.05) is 31.7 Å². The Morgan fingerprint density at radius 3 is 2.38 bits per heavy atom. The zero-order chi connectivity index (χ0) is 25.3. The molecule has 0 bridgehead atoms. The second-order valence-electron chi connectivity index (χ2n) is 6.88. The molecular formula is C23H28ClIN2O7. The number of hydrogen-bond acceptors (Lipinski definition) is 6. The summed E-state index contributed by atoms with van der Waals surface area (Å²) in [5.74, 6) is -1.33. The number of amides is 2. The molecule has 0 fully saturated rings. The maximum Gasteiger partial charge on any atom is 0.303 e. The zero-order valence-corrected chi connectivity index (χ0v) is 21.3. The Kier molecular flexibility index (Phi) is 14.9. The van der Waals surface area contributed by atoms with Gasteiger partial charge in [-0.3, -0.25) is 14.4 Å². The van der Waals surface area contributed by atoms with E-state index in [-0.39, 0.29) is 37.0 Å². The minimum Gasteiger partial charge on any atom is -0.506 e. The molecule has 0 aliphatic heterocycles. The van der Waals surface area contributed by atoms with Gasteiger partial charge in [-0.2, -0.15) is 0 Å². The quantitative estimate of drug-likeness (QED) is 0.141. The van der Waals surface area contributed by atoms with Crippen LogP contribution in [0.4, 0.5) is 5.69 Å². The molecule has 0 radical (unpaired) electrons. The average molecular weight is 607 g/mol. The van der Waals surface area contributed by atoms with Gasteiger partial charge in [0.1, 0.15) is 5.75 Å².